The van der Waals surface area contributed by atoms with Gasteiger partial charge in [0.25, 0.3) is 6.43 Å². The minimum Gasteiger partial charge on any atom is -0.398 e. The number of alkyl halides is 2. The van der Waals surface area contributed by atoms with Crippen molar-refractivity contribution in [2.75, 3.05) is 5.73 Å². The lowest BCUT2D eigenvalue weighted by Crippen LogP contribution is -2.01. The van der Waals surface area contributed by atoms with E-state index < -0.39 is 17.9 Å². The quantitative estimate of drug-likeness (QED) is 0.767. The molecule has 1 heterocycles. The second kappa shape index (κ2) is 3.30. The normalized spacial score (nSPS) is 10.8. The maximum atomic E-state index is 12.7. The number of pyridine rings is 1. The summed E-state index contributed by atoms with van der Waals surface area (Å²) in [6.45, 7) is 0. The average Bonchev–Trinajstić information content (AvgIpc) is 1.82. The standard InChI is InChI=1S/C6H4BrF3N2/c7-3-1-2(11)4(5(8)9)6(10)12-3/h1,5H,(H2,11,12). The number of nitrogen functional groups attached to an aromatic ring is 1. The van der Waals surface area contributed by atoms with Gasteiger partial charge < -0.3 is 5.73 Å². The predicted octanol–water partition coefficient (Wildman–Crippen LogP) is 2.50. The van der Waals surface area contributed by atoms with Crippen molar-refractivity contribution in [2.24, 2.45) is 0 Å². The van der Waals surface area contributed by atoms with Crippen molar-refractivity contribution in [1.82, 2.24) is 4.98 Å². The Morgan fingerprint density at radius 3 is 2.50 bits per heavy atom. The molecule has 1 rings (SSSR count). The van der Waals surface area contributed by atoms with Crippen molar-refractivity contribution in [2.45, 2.75) is 6.43 Å². The van der Waals surface area contributed by atoms with Crippen LogP contribution >= 0.6 is 15.9 Å². The molecule has 66 valence electrons. The molecular weight excluding hydrogens is 237 g/mol. The second-order valence-electron chi connectivity index (χ2n) is 2.04. The molecule has 0 aliphatic rings. The maximum Gasteiger partial charge on any atom is 0.270 e. The van der Waals surface area contributed by atoms with E-state index in [1.165, 1.54) is 0 Å². The second-order valence-corrected chi connectivity index (χ2v) is 2.85. The van der Waals surface area contributed by atoms with Gasteiger partial charge >= 0.3 is 0 Å². The molecule has 0 fully saturated rings. The SMILES string of the molecule is Nc1cc(Br)nc(F)c1C(F)F. The Morgan fingerprint density at radius 2 is 2.08 bits per heavy atom. The van der Waals surface area contributed by atoms with Gasteiger partial charge in [0.15, 0.2) is 0 Å². The number of halogens is 4. The minimum absolute atomic E-state index is 0.0990. The summed E-state index contributed by atoms with van der Waals surface area (Å²) in [5.74, 6) is -1.24. The third-order valence-corrected chi connectivity index (χ3v) is 1.64. The molecule has 0 radical (unpaired) electrons. The summed E-state index contributed by atoms with van der Waals surface area (Å²) in [5, 5.41) is 0. The third-order valence-electron chi connectivity index (χ3n) is 1.23. The van der Waals surface area contributed by atoms with Crippen LogP contribution in [-0.2, 0) is 0 Å². The molecule has 2 nitrogen and oxygen atoms in total. The fourth-order valence-electron chi connectivity index (χ4n) is 0.727. The van der Waals surface area contributed by atoms with Gasteiger partial charge in [-0.3, -0.25) is 0 Å². The first-order chi connectivity index (χ1) is 5.52. The van der Waals surface area contributed by atoms with Crippen molar-refractivity contribution >= 4 is 21.6 Å². The zero-order valence-corrected chi connectivity index (χ0v) is 7.28. The average molecular weight is 241 g/mol. The molecule has 0 spiro atoms. The molecule has 12 heavy (non-hydrogen) atoms. The molecule has 0 aliphatic carbocycles. The molecule has 0 aliphatic heterocycles. The van der Waals surface area contributed by atoms with Crippen molar-refractivity contribution in [3.8, 4) is 0 Å². The van der Waals surface area contributed by atoms with E-state index in [-0.39, 0.29) is 10.3 Å². The van der Waals surface area contributed by atoms with Crippen molar-refractivity contribution in [1.29, 1.82) is 0 Å². The lowest BCUT2D eigenvalue weighted by molar-refractivity contribution is 0.146. The van der Waals surface area contributed by atoms with Gasteiger partial charge in [0.05, 0.1) is 5.56 Å². The molecule has 6 heteroatoms. The molecule has 0 saturated carbocycles. The highest BCUT2D eigenvalue weighted by atomic mass is 79.9. The zero-order valence-electron chi connectivity index (χ0n) is 5.69. The lowest BCUT2D eigenvalue weighted by Gasteiger charge is -2.04. The Kier molecular flexibility index (Phi) is 2.56. The summed E-state index contributed by atoms with van der Waals surface area (Å²) in [6, 6.07) is 1.13. The Labute approximate surface area is 74.7 Å². The number of rotatable bonds is 1. The summed E-state index contributed by atoms with van der Waals surface area (Å²) in [4.78, 5) is 3.15. The number of nitrogens with two attached hydrogens (primary N) is 1. The Bertz CT molecular complexity index is 280. The van der Waals surface area contributed by atoms with E-state index in [1.54, 1.807) is 0 Å². The van der Waals surface area contributed by atoms with Gasteiger partial charge in [-0.1, -0.05) is 0 Å². The summed E-state index contributed by atoms with van der Waals surface area (Å²) in [7, 11) is 0. The van der Waals surface area contributed by atoms with Crippen LogP contribution in [0.1, 0.15) is 12.0 Å². The van der Waals surface area contributed by atoms with Crippen LogP contribution in [0.4, 0.5) is 18.9 Å². The van der Waals surface area contributed by atoms with E-state index in [0.29, 0.717) is 0 Å². The van der Waals surface area contributed by atoms with E-state index in [2.05, 4.69) is 20.9 Å². The summed E-state index contributed by atoms with van der Waals surface area (Å²) >= 11 is 2.82. The van der Waals surface area contributed by atoms with E-state index in [1.807, 2.05) is 0 Å². The third kappa shape index (κ3) is 1.69. The van der Waals surface area contributed by atoms with E-state index >= 15 is 0 Å². The van der Waals surface area contributed by atoms with Crippen LogP contribution in [0.3, 0.4) is 0 Å². The van der Waals surface area contributed by atoms with Gasteiger partial charge in [0, 0.05) is 5.69 Å². The first kappa shape index (κ1) is 9.31. The largest absolute Gasteiger partial charge is 0.398 e. The number of hydrogen-bond acceptors (Lipinski definition) is 2. The van der Waals surface area contributed by atoms with Gasteiger partial charge in [-0.05, 0) is 22.0 Å². The van der Waals surface area contributed by atoms with Gasteiger partial charge in [-0.15, -0.1) is 0 Å². The lowest BCUT2D eigenvalue weighted by atomic mass is 10.2. The molecule has 0 aromatic carbocycles. The number of hydrogen-bond donors (Lipinski definition) is 1. The fourth-order valence-corrected chi connectivity index (χ4v) is 1.13. The zero-order chi connectivity index (χ0) is 9.30. The molecular formula is C6H4BrF3N2. The van der Waals surface area contributed by atoms with E-state index in [4.69, 9.17) is 5.73 Å². The highest BCUT2D eigenvalue weighted by Gasteiger charge is 2.18. The molecule has 1 aromatic heterocycles. The van der Waals surface area contributed by atoms with Crippen molar-refractivity contribution in [3.63, 3.8) is 0 Å². The molecule has 0 unspecified atom stereocenters. The Balaban J connectivity index is 3.28. The van der Waals surface area contributed by atoms with Crippen LogP contribution in [0.15, 0.2) is 10.7 Å². The molecule has 0 atom stereocenters. The van der Waals surface area contributed by atoms with Crippen LogP contribution in [0, 0.1) is 5.95 Å². The summed E-state index contributed by atoms with van der Waals surface area (Å²) in [5.41, 5.74) is 3.98. The van der Waals surface area contributed by atoms with Gasteiger partial charge in [0.1, 0.15) is 4.60 Å². The van der Waals surface area contributed by atoms with Crippen molar-refractivity contribution in [3.05, 3.63) is 22.2 Å². The van der Waals surface area contributed by atoms with E-state index in [0.717, 1.165) is 6.07 Å². The van der Waals surface area contributed by atoms with Crippen LogP contribution < -0.4 is 5.73 Å². The first-order valence-electron chi connectivity index (χ1n) is 2.92. The highest BCUT2D eigenvalue weighted by molar-refractivity contribution is 9.10. The smallest absolute Gasteiger partial charge is 0.270 e. The van der Waals surface area contributed by atoms with Crippen LogP contribution in [-0.4, -0.2) is 4.98 Å². The topological polar surface area (TPSA) is 38.9 Å². The summed E-state index contributed by atoms with van der Waals surface area (Å²) < 4.78 is 36.9. The molecule has 2 N–H and O–H groups in total. The molecule has 0 amide bonds. The van der Waals surface area contributed by atoms with Gasteiger partial charge in [-0.25, -0.2) is 13.8 Å². The number of nitrogens with zero attached hydrogens (tertiary/aromatic N) is 1. The summed E-state index contributed by atoms with van der Waals surface area (Å²) in [6.07, 6.45) is -2.94. The number of anilines is 1. The minimum atomic E-state index is -2.94. The monoisotopic (exact) mass is 240 g/mol. The van der Waals surface area contributed by atoms with Gasteiger partial charge in [-0.2, -0.15) is 4.39 Å². The van der Waals surface area contributed by atoms with Gasteiger partial charge in [0.2, 0.25) is 5.95 Å². The van der Waals surface area contributed by atoms with Crippen molar-refractivity contribution < 1.29 is 13.2 Å². The first-order valence-corrected chi connectivity index (χ1v) is 3.71. The Hall–Kier alpha value is -0.780. The predicted molar refractivity (Wildman–Crippen MR) is 41.3 cm³/mol. The maximum absolute atomic E-state index is 12.7. The van der Waals surface area contributed by atoms with E-state index in [9.17, 15) is 13.2 Å². The van der Waals surface area contributed by atoms with Crippen LogP contribution in [0.2, 0.25) is 0 Å². The fraction of sp³-hybridized carbons (Fsp3) is 0.167. The van der Waals surface area contributed by atoms with Crippen LogP contribution in [0.25, 0.3) is 0 Å². The van der Waals surface area contributed by atoms with Crippen LogP contribution in [0.5, 0.6) is 0 Å². The number of aromatic nitrogens is 1. The molecule has 1 aromatic rings. The molecule has 0 bridgehead atoms. The Morgan fingerprint density at radius 1 is 1.50 bits per heavy atom. The molecule has 0 saturated heterocycles. The highest BCUT2D eigenvalue weighted by Crippen LogP contribution is 2.28.